The Hall–Kier alpha value is -1.02. The molecule has 1 aromatic rings. The fourth-order valence-electron chi connectivity index (χ4n) is 5.10. The van der Waals surface area contributed by atoms with Gasteiger partial charge >= 0.3 is 0 Å². The Labute approximate surface area is 115 Å². The Morgan fingerprint density at radius 2 is 2.16 bits per heavy atom. The number of nitrogens with one attached hydrogen (secondary N) is 1. The highest BCUT2D eigenvalue weighted by molar-refractivity contribution is 5.48. The second-order valence-corrected chi connectivity index (χ2v) is 6.82. The smallest absolute Gasteiger partial charge is 0.118 e. The number of phenolic OH excluding ortho intramolecular Hbond substituents is 1. The molecule has 0 radical (unpaired) electrons. The van der Waals surface area contributed by atoms with E-state index in [0.717, 1.165) is 24.4 Å². The lowest BCUT2D eigenvalue weighted by atomic mass is 9.52. The van der Waals surface area contributed by atoms with Gasteiger partial charge in [-0.05, 0) is 67.8 Å². The molecule has 1 aliphatic heterocycles. The number of benzene rings is 1. The molecule has 1 aromatic carbocycles. The van der Waals surface area contributed by atoms with Crippen molar-refractivity contribution >= 4 is 0 Å². The third-order valence-corrected chi connectivity index (χ3v) is 5.96. The minimum atomic E-state index is 0.368. The van der Waals surface area contributed by atoms with Crippen molar-refractivity contribution in [3.8, 4) is 5.75 Å². The van der Waals surface area contributed by atoms with Gasteiger partial charge in [0.1, 0.15) is 5.75 Å². The van der Waals surface area contributed by atoms with E-state index in [1.54, 1.807) is 0 Å². The third kappa shape index (κ3) is 1.53. The van der Waals surface area contributed by atoms with Crippen LogP contribution in [0.4, 0.5) is 0 Å². The zero-order valence-electron chi connectivity index (χ0n) is 11.7. The molecule has 3 atom stereocenters. The van der Waals surface area contributed by atoms with E-state index in [9.17, 15) is 5.11 Å². The van der Waals surface area contributed by atoms with Crippen molar-refractivity contribution in [3.63, 3.8) is 0 Å². The summed E-state index contributed by atoms with van der Waals surface area (Å²) >= 11 is 0. The average molecular weight is 257 g/mol. The Morgan fingerprint density at radius 1 is 1.26 bits per heavy atom. The molecule has 102 valence electrons. The van der Waals surface area contributed by atoms with E-state index in [4.69, 9.17) is 0 Å². The molecule has 3 aliphatic rings. The number of rotatable bonds is 0. The summed E-state index contributed by atoms with van der Waals surface area (Å²) in [4.78, 5) is 0. The summed E-state index contributed by atoms with van der Waals surface area (Å²) in [7, 11) is 0. The van der Waals surface area contributed by atoms with Crippen molar-refractivity contribution in [1.29, 1.82) is 0 Å². The van der Waals surface area contributed by atoms with Crippen molar-refractivity contribution in [2.24, 2.45) is 5.92 Å². The number of hydrogen-bond donors (Lipinski definition) is 2. The highest BCUT2D eigenvalue weighted by Crippen LogP contribution is 2.54. The van der Waals surface area contributed by atoms with Crippen molar-refractivity contribution in [2.75, 3.05) is 6.54 Å². The molecule has 2 fully saturated rings. The van der Waals surface area contributed by atoms with Crippen molar-refractivity contribution in [1.82, 2.24) is 5.32 Å². The minimum absolute atomic E-state index is 0.368. The first-order valence-corrected chi connectivity index (χ1v) is 7.77. The standard InChI is InChI=1S/C17H23NO/c1-11-8-12-9-15-13-4-2-3-5-17(13,6-7-18-15)14(12)10-16(11)19/h8,10,13,15,18-19H,2-7,9H2,1H3/t13-,15+,17+/m0/s1. The highest BCUT2D eigenvalue weighted by Gasteiger charge is 2.51. The highest BCUT2D eigenvalue weighted by atomic mass is 16.3. The molecule has 2 bridgehead atoms. The van der Waals surface area contributed by atoms with E-state index in [0.29, 0.717) is 17.2 Å². The maximum absolute atomic E-state index is 10.1. The first-order chi connectivity index (χ1) is 9.21. The number of piperidine rings is 1. The minimum Gasteiger partial charge on any atom is -0.508 e. The van der Waals surface area contributed by atoms with E-state index in [1.165, 1.54) is 43.2 Å². The Kier molecular flexibility index (Phi) is 2.47. The van der Waals surface area contributed by atoms with Gasteiger partial charge < -0.3 is 10.4 Å². The molecular formula is C17H23NO. The van der Waals surface area contributed by atoms with Crippen LogP contribution in [0.2, 0.25) is 0 Å². The molecule has 4 rings (SSSR count). The normalized spacial score (nSPS) is 36.5. The molecule has 2 aliphatic carbocycles. The summed E-state index contributed by atoms with van der Waals surface area (Å²) in [5, 5.41) is 13.9. The van der Waals surface area contributed by atoms with Crippen LogP contribution in [0.5, 0.6) is 5.75 Å². The van der Waals surface area contributed by atoms with Gasteiger partial charge in [-0.1, -0.05) is 18.9 Å². The first kappa shape index (κ1) is 11.8. The topological polar surface area (TPSA) is 32.3 Å². The van der Waals surface area contributed by atoms with Crippen LogP contribution in [-0.2, 0) is 11.8 Å². The average Bonchev–Trinajstić information content (AvgIpc) is 2.41. The summed E-state index contributed by atoms with van der Waals surface area (Å²) in [5.41, 5.74) is 4.37. The number of aryl methyl sites for hydroxylation is 1. The van der Waals surface area contributed by atoms with Crippen LogP contribution >= 0.6 is 0 Å². The number of phenols is 1. The second-order valence-electron chi connectivity index (χ2n) is 6.82. The van der Waals surface area contributed by atoms with E-state index in [1.807, 2.05) is 6.92 Å². The maximum atomic E-state index is 10.1. The van der Waals surface area contributed by atoms with Gasteiger partial charge in [-0.2, -0.15) is 0 Å². The van der Waals surface area contributed by atoms with Gasteiger partial charge in [0, 0.05) is 11.5 Å². The number of aromatic hydroxyl groups is 1. The molecule has 0 spiro atoms. The van der Waals surface area contributed by atoms with Gasteiger partial charge in [0.15, 0.2) is 0 Å². The van der Waals surface area contributed by atoms with Crippen molar-refractivity contribution in [3.05, 3.63) is 28.8 Å². The molecule has 1 saturated carbocycles. The SMILES string of the molecule is Cc1cc2c(cc1O)[C@@]13CCCC[C@H]1[C@@H](C2)NCC3. The number of fused-ring (bicyclic) bond motifs is 1. The Bertz CT molecular complexity index is 520. The molecule has 0 unspecified atom stereocenters. The van der Waals surface area contributed by atoms with Gasteiger partial charge in [-0.3, -0.25) is 0 Å². The molecule has 0 amide bonds. The summed E-state index contributed by atoms with van der Waals surface area (Å²) in [6.07, 6.45) is 7.85. The zero-order valence-corrected chi connectivity index (χ0v) is 11.7. The van der Waals surface area contributed by atoms with Crippen LogP contribution in [0.3, 0.4) is 0 Å². The fraction of sp³-hybridized carbons (Fsp3) is 0.647. The quantitative estimate of drug-likeness (QED) is 0.748. The molecule has 19 heavy (non-hydrogen) atoms. The monoisotopic (exact) mass is 257 g/mol. The maximum Gasteiger partial charge on any atom is 0.118 e. The van der Waals surface area contributed by atoms with Crippen LogP contribution in [0, 0.1) is 12.8 Å². The third-order valence-electron chi connectivity index (χ3n) is 5.96. The Balaban J connectivity index is 1.92. The van der Waals surface area contributed by atoms with Crippen LogP contribution < -0.4 is 5.32 Å². The molecule has 0 aromatic heterocycles. The summed E-state index contributed by atoms with van der Waals surface area (Å²) < 4.78 is 0. The lowest BCUT2D eigenvalue weighted by Crippen LogP contribution is -2.59. The molecule has 2 heteroatoms. The van der Waals surface area contributed by atoms with Gasteiger partial charge in [0.05, 0.1) is 0 Å². The van der Waals surface area contributed by atoms with Gasteiger partial charge in [-0.25, -0.2) is 0 Å². The summed E-state index contributed by atoms with van der Waals surface area (Å²) in [6.45, 7) is 3.17. The molecule has 1 heterocycles. The summed E-state index contributed by atoms with van der Waals surface area (Å²) in [5.74, 6) is 1.29. The molecule has 2 nitrogen and oxygen atoms in total. The van der Waals surface area contributed by atoms with Gasteiger partial charge in [0.2, 0.25) is 0 Å². The summed E-state index contributed by atoms with van der Waals surface area (Å²) in [6, 6.07) is 5.01. The largest absolute Gasteiger partial charge is 0.508 e. The first-order valence-electron chi connectivity index (χ1n) is 7.77. The predicted octanol–water partition coefficient (Wildman–Crippen LogP) is 3.05. The second kappa shape index (κ2) is 3.99. The van der Waals surface area contributed by atoms with E-state index in [2.05, 4.69) is 17.4 Å². The van der Waals surface area contributed by atoms with Crippen LogP contribution in [-0.4, -0.2) is 17.7 Å². The number of hydrogen-bond acceptors (Lipinski definition) is 2. The predicted molar refractivity (Wildman–Crippen MR) is 76.6 cm³/mol. The lowest BCUT2D eigenvalue weighted by Gasteiger charge is -2.56. The Morgan fingerprint density at radius 3 is 3.05 bits per heavy atom. The van der Waals surface area contributed by atoms with Crippen LogP contribution in [0.1, 0.15) is 48.8 Å². The van der Waals surface area contributed by atoms with E-state index in [-0.39, 0.29) is 0 Å². The molecular weight excluding hydrogens is 234 g/mol. The molecule has 2 N–H and O–H groups in total. The van der Waals surface area contributed by atoms with Crippen LogP contribution in [0.25, 0.3) is 0 Å². The molecule has 1 saturated heterocycles. The zero-order chi connectivity index (χ0) is 13.0. The lowest BCUT2D eigenvalue weighted by molar-refractivity contribution is 0.0795. The van der Waals surface area contributed by atoms with Crippen LogP contribution in [0.15, 0.2) is 12.1 Å². The van der Waals surface area contributed by atoms with E-state index >= 15 is 0 Å². The van der Waals surface area contributed by atoms with Crippen molar-refractivity contribution in [2.45, 2.75) is 56.9 Å². The van der Waals surface area contributed by atoms with E-state index < -0.39 is 0 Å². The van der Waals surface area contributed by atoms with Gasteiger partial charge in [-0.15, -0.1) is 0 Å². The van der Waals surface area contributed by atoms with Crippen molar-refractivity contribution < 1.29 is 5.11 Å². The fourth-order valence-corrected chi connectivity index (χ4v) is 5.10. The van der Waals surface area contributed by atoms with Gasteiger partial charge in [0.25, 0.3) is 0 Å².